The molecule has 1 atom stereocenters. The van der Waals surface area contributed by atoms with Crippen LogP contribution in [0.1, 0.15) is 31.2 Å². The summed E-state index contributed by atoms with van der Waals surface area (Å²) in [5.74, 6) is 0.228. The highest BCUT2D eigenvalue weighted by Crippen LogP contribution is 2.25. The first-order valence-corrected chi connectivity index (χ1v) is 5.72. The van der Waals surface area contributed by atoms with Gasteiger partial charge in [0.05, 0.1) is 0 Å². The van der Waals surface area contributed by atoms with Gasteiger partial charge in [-0.25, -0.2) is 4.39 Å². The molecule has 0 nitrogen and oxygen atoms in total. The van der Waals surface area contributed by atoms with Gasteiger partial charge >= 0.3 is 0 Å². The molecule has 1 aromatic carbocycles. The van der Waals surface area contributed by atoms with Crippen LogP contribution in [0.25, 0.3) is 0 Å². The first-order valence-electron chi connectivity index (χ1n) is 4.60. The fourth-order valence-corrected chi connectivity index (χ4v) is 2.14. The van der Waals surface area contributed by atoms with Gasteiger partial charge in [-0.1, -0.05) is 47.5 Å². The van der Waals surface area contributed by atoms with Crippen LogP contribution in [0.3, 0.4) is 0 Å². The topological polar surface area (TPSA) is 0 Å². The lowest BCUT2D eigenvalue weighted by molar-refractivity contribution is 0.575. The number of hydrogen-bond acceptors (Lipinski definition) is 0. The molecule has 0 aliphatic rings. The molecule has 0 aromatic heterocycles. The van der Waals surface area contributed by atoms with E-state index in [1.54, 1.807) is 6.07 Å². The Labute approximate surface area is 87.3 Å². The van der Waals surface area contributed by atoms with Gasteiger partial charge in [0.25, 0.3) is 0 Å². The molecule has 1 rings (SSSR count). The first kappa shape index (κ1) is 10.7. The zero-order valence-electron chi connectivity index (χ0n) is 7.76. The summed E-state index contributed by atoms with van der Waals surface area (Å²) in [5.41, 5.74) is 0.834. The fourth-order valence-electron chi connectivity index (χ4n) is 1.47. The zero-order valence-corrected chi connectivity index (χ0v) is 9.35. The lowest BCUT2D eigenvalue weighted by Crippen LogP contribution is -2.02. The Morgan fingerprint density at radius 2 is 2.08 bits per heavy atom. The SMILES string of the molecule is CCCC(CBr)c1ccccc1F. The van der Waals surface area contributed by atoms with Crippen molar-refractivity contribution >= 4 is 15.9 Å². The Hall–Kier alpha value is -0.370. The van der Waals surface area contributed by atoms with Gasteiger partial charge in [-0.2, -0.15) is 0 Å². The van der Waals surface area contributed by atoms with E-state index in [1.165, 1.54) is 6.07 Å². The summed E-state index contributed by atoms with van der Waals surface area (Å²) < 4.78 is 13.3. The Bertz CT molecular complexity index is 260. The van der Waals surface area contributed by atoms with Gasteiger partial charge in [0.2, 0.25) is 0 Å². The van der Waals surface area contributed by atoms with Crippen molar-refractivity contribution in [1.29, 1.82) is 0 Å². The second-order valence-corrected chi connectivity index (χ2v) is 3.81. The molecule has 0 saturated heterocycles. The van der Waals surface area contributed by atoms with Crippen LogP contribution in [-0.4, -0.2) is 5.33 Å². The van der Waals surface area contributed by atoms with Crippen LogP contribution in [-0.2, 0) is 0 Å². The number of benzene rings is 1. The number of rotatable bonds is 4. The molecule has 0 heterocycles. The van der Waals surface area contributed by atoms with Gasteiger partial charge in [0.1, 0.15) is 5.82 Å². The van der Waals surface area contributed by atoms with Gasteiger partial charge in [-0.15, -0.1) is 0 Å². The van der Waals surface area contributed by atoms with Crippen LogP contribution in [0.2, 0.25) is 0 Å². The van der Waals surface area contributed by atoms with Gasteiger partial charge in [-0.05, 0) is 24.0 Å². The minimum absolute atomic E-state index is 0.0830. The summed E-state index contributed by atoms with van der Waals surface area (Å²) in [7, 11) is 0. The van der Waals surface area contributed by atoms with E-state index in [1.807, 2.05) is 12.1 Å². The third kappa shape index (κ3) is 2.80. The maximum atomic E-state index is 13.3. The average Bonchev–Trinajstić information content (AvgIpc) is 2.16. The van der Waals surface area contributed by atoms with Crippen molar-refractivity contribution in [3.63, 3.8) is 0 Å². The molecule has 0 aliphatic carbocycles. The van der Waals surface area contributed by atoms with E-state index < -0.39 is 0 Å². The summed E-state index contributed by atoms with van der Waals surface area (Å²) in [6.45, 7) is 2.12. The molecule has 0 amide bonds. The number of alkyl halides is 1. The largest absolute Gasteiger partial charge is 0.207 e. The summed E-state index contributed by atoms with van der Waals surface area (Å²) in [6, 6.07) is 7.03. The van der Waals surface area contributed by atoms with Crippen molar-refractivity contribution in [2.75, 3.05) is 5.33 Å². The van der Waals surface area contributed by atoms with Crippen LogP contribution in [0.5, 0.6) is 0 Å². The van der Waals surface area contributed by atoms with E-state index in [4.69, 9.17) is 0 Å². The summed E-state index contributed by atoms with van der Waals surface area (Å²) in [6.07, 6.45) is 2.12. The molecule has 2 heteroatoms. The van der Waals surface area contributed by atoms with Crippen LogP contribution < -0.4 is 0 Å². The predicted molar refractivity (Wildman–Crippen MR) is 57.8 cm³/mol. The smallest absolute Gasteiger partial charge is 0.126 e. The van der Waals surface area contributed by atoms with Crippen molar-refractivity contribution < 1.29 is 4.39 Å². The van der Waals surface area contributed by atoms with Crippen LogP contribution in [0, 0.1) is 5.82 Å². The van der Waals surface area contributed by atoms with Gasteiger partial charge in [-0.3, -0.25) is 0 Å². The molecule has 0 fully saturated rings. The van der Waals surface area contributed by atoms with Gasteiger partial charge in [0.15, 0.2) is 0 Å². The number of halogens is 2. The van der Waals surface area contributed by atoms with E-state index in [0.717, 1.165) is 23.7 Å². The zero-order chi connectivity index (χ0) is 9.68. The fraction of sp³-hybridized carbons (Fsp3) is 0.455. The van der Waals surface area contributed by atoms with Crippen molar-refractivity contribution in [2.45, 2.75) is 25.7 Å². The predicted octanol–water partition coefficient (Wildman–Crippen LogP) is 4.10. The Balaban J connectivity index is 2.84. The second kappa shape index (κ2) is 5.38. The van der Waals surface area contributed by atoms with Crippen molar-refractivity contribution in [3.8, 4) is 0 Å². The summed E-state index contributed by atoms with van der Waals surface area (Å²) in [4.78, 5) is 0. The lowest BCUT2D eigenvalue weighted by Gasteiger charge is -2.13. The Morgan fingerprint density at radius 3 is 2.62 bits per heavy atom. The van der Waals surface area contributed by atoms with E-state index in [0.29, 0.717) is 5.92 Å². The quantitative estimate of drug-likeness (QED) is 0.700. The molecular weight excluding hydrogens is 231 g/mol. The maximum absolute atomic E-state index is 13.3. The highest BCUT2D eigenvalue weighted by atomic mass is 79.9. The maximum Gasteiger partial charge on any atom is 0.126 e. The van der Waals surface area contributed by atoms with E-state index in [-0.39, 0.29) is 5.82 Å². The summed E-state index contributed by atoms with van der Waals surface area (Å²) >= 11 is 3.42. The molecule has 0 N–H and O–H groups in total. The molecule has 1 aromatic rings. The molecule has 0 radical (unpaired) electrons. The molecule has 13 heavy (non-hydrogen) atoms. The minimum Gasteiger partial charge on any atom is -0.207 e. The standard InChI is InChI=1S/C11H14BrF/c1-2-5-9(8-12)10-6-3-4-7-11(10)13/h3-4,6-7,9H,2,5,8H2,1H3. The van der Waals surface area contributed by atoms with Gasteiger partial charge in [0, 0.05) is 5.33 Å². The third-order valence-corrected chi connectivity index (χ3v) is 2.95. The van der Waals surface area contributed by atoms with Crippen molar-refractivity contribution in [2.24, 2.45) is 0 Å². The van der Waals surface area contributed by atoms with Crippen molar-refractivity contribution in [3.05, 3.63) is 35.6 Å². The highest BCUT2D eigenvalue weighted by Gasteiger charge is 2.12. The molecule has 1 unspecified atom stereocenters. The summed E-state index contributed by atoms with van der Waals surface area (Å²) in [5, 5.41) is 0.835. The average molecular weight is 245 g/mol. The third-order valence-electron chi connectivity index (χ3n) is 2.17. The van der Waals surface area contributed by atoms with E-state index >= 15 is 0 Å². The van der Waals surface area contributed by atoms with E-state index in [9.17, 15) is 4.39 Å². The molecular formula is C11H14BrF. The normalized spacial score (nSPS) is 12.8. The van der Waals surface area contributed by atoms with E-state index in [2.05, 4.69) is 22.9 Å². The molecule has 0 spiro atoms. The van der Waals surface area contributed by atoms with Crippen LogP contribution in [0.4, 0.5) is 4.39 Å². The van der Waals surface area contributed by atoms with Crippen molar-refractivity contribution in [1.82, 2.24) is 0 Å². The Kier molecular flexibility index (Phi) is 4.43. The minimum atomic E-state index is -0.0830. The molecule has 72 valence electrons. The lowest BCUT2D eigenvalue weighted by atomic mass is 9.96. The number of hydrogen-bond donors (Lipinski definition) is 0. The van der Waals surface area contributed by atoms with Crippen LogP contribution >= 0.6 is 15.9 Å². The second-order valence-electron chi connectivity index (χ2n) is 3.16. The molecule has 0 saturated carbocycles. The first-order chi connectivity index (χ1) is 6.29. The van der Waals surface area contributed by atoms with Crippen LogP contribution in [0.15, 0.2) is 24.3 Å². The highest BCUT2D eigenvalue weighted by molar-refractivity contribution is 9.09. The van der Waals surface area contributed by atoms with Gasteiger partial charge < -0.3 is 0 Å². The molecule has 0 aliphatic heterocycles. The Morgan fingerprint density at radius 1 is 1.38 bits per heavy atom. The molecule has 0 bridgehead atoms. The monoisotopic (exact) mass is 244 g/mol.